The molecular formula is C24H31O5PS. The highest BCUT2D eigenvalue weighted by Crippen LogP contribution is 2.40. The summed E-state index contributed by atoms with van der Waals surface area (Å²) in [6, 6.07) is 13.9. The van der Waals surface area contributed by atoms with E-state index in [4.69, 9.17) is 4.52 Å². The number of Topliss-reactive ketones (excluding diaryl/α,β-unsaturated/α-hetero) is 1. The van der Waals surface area contributed by atoms with Gasteiger partial charge in [0, 0.05) is 37.7 Å². The molecule has 31 heavy (non-hydrogen) atoms. The lowest BCUT2D eigenvalue weighted by molar-refractivity contribution is -0.120. The van der Waals surface area contributed by atoms with Gasteiger partial charge in [0.05, 0.1) is 4.90 Å². The average molecular weight is 463 g/mol. The van der Waals surface area contributed by atoms with E-state index in [0.29, 0.717) is 11.2 Å². The highest BCUT2D eigenvalue weighted by molar-refractivity contribution is 7.90. The van der Waals surface area contributed by atoms with Crippen LogP contribution in [-0.4, -0.2) is 34.2 Å². The van der Waals surface area contributed by atoms with Gasteiger partial charge in [-0.3, -0.25) is 9.36 Å². The van der Waals surface area contributed by atoms with E-state index >= 15 is 0 Å². The molecule has 1 unspecified atom stereocenters. The van der Waals surface area contributed by atoms with Crippen molar-refractivity contribution in [2.45, 2.75) is 49.3 Å². The molecule has 168 valence electrons. The van der Waals surface area contributed by atoms with E-state index in [1.54, 1.807) is 43.1 Å². The first-order chi connectivity index (χ1) is 14.6. The first-order valence-electron chi connectivity index (χ1n) is 10.7. The summed E-state index contributed by atoms with van der Waals surface area (Å²) in [5.41, 5.74) is 1.74. The Bertz CT molecular complexity index is 1050. The second kappa shape index (κ2) is 9.81. The average Bonchev–Trinajstić information content (AvgIpc) is 3.25. The Balaban J connectivity index is 1.81. The van der Waals surface area contributed by atoms with Crippen LogP contribution in [0, 0.1) is 5.92 Å². The second-order valence-electron chi connectivity index (χ2n) is 8.62. The Hall–Kier alpha value is -1.75. The molecule has 1 fully saturated rings. The van der Waals surface area contributed by atoms with E-state index in [0.717, 1.165) is 30.4 Å². The summed E-state index contributed by atoms with van der Waals surface area (Å²) in [6.07, 6.45) is 6.96. The van der Waals surface area contributed by atoms with E-state index in [2.05, 4.69) is 0 Å². The van der Waals surface area contributed by atoms with Crippen molar-refractivity contribution in [3.8, 4) is 0 Å². The molecule has 0 heterocycles. The summed E-state index contributed by atoms with van der Waals surface area (Å²) < 4.78 is 41.0. The Morgan fingerprint density at radius 3 is 2.16 bits per heavy atom. The highest BCUT2D eigenvalue weighted by Gasteiger charge is 2.27. The van der Waals surface area contributed by atoms with Gasteiger partial charge < -0.3 is 4.52 Å². The van der Waals surface area contributed by atoms with Gasteiger partial charge in [-0.05, 0) is 47.7 Å². The fourth-order valence-electron chi connectivity index (χ4n) is 4.29. The zero-order valence-electron chi connectivity index (χ0n) is 18.4. The van der Waals surface area contributed by atoms with Gasteiger partial charge in [0.2, 0.25) is 7.37 Å². The Labute approximate surface area is 185 Å². The van der Waals surface area contributed by atoms with Gasteiger partial charge in [-0.15, -0.1) is 0 Å². The monoisotopic (exact) mass is 462 g/mol. The molecule has 1 aliphatic rings. The van der Waals surface area contributed by atoms with Crippen molar-refractivity contribution in [2.75, 3.05) is 20.0 Å². The van der Waals surface area contributed by atoms with Gasteiger partial charge in [-0.2, -0.15) is 0 Å². The topological polar surface area (TPSA) is 77.5 Å². The molecule has 1 aliphatic carbocycles. The summed E-state index contributed by atoms with van der Waals surface area (Å²) in [6.45, 7) is 1.57. The molecule has 0 saturated heterocycles. The molecule has 0 aliphatic heterocycles. The third-order valence-electron chi connectivity index (χ3n) is 6.28. The van der Waals surface area contributed by atoms with Crippen LogP contribution in [0.25, 0.3) is 0 Å². The van der Waals surface area contributed by atoms with Crippen LogP contribution >= 0.6 is 7.37 Å². The molecule has 1 saturated carbocycles. The largest absolute Gasteiger partial charge is 0.329 e. The summed E-state index contributed by atoms with van der Waals surface area (Å²) in [7, 11) is -4.66. The number of benzene rings is 2. The van der Waals surface area contributed by atoms with Crippen molar-refractivity contribution < 1.29 is 22.3 Å². The third kappa shape index (κ3) is 6.15. The van der Waals surface area contributed by atoms with Crippen molar-refractivity contribution >= 4 is 28.3 Å². The lowest BCUT2D eigenvalue weighted by atomic mass is 9.83. The van der Waals surface area contributed by atoms with E-state index in [9.17, 15) is 17.8 Å². The first kappa shape index (κ1) is 23.9. The zero-order chi connectivity index (χ0) is 22.6. The SMILES string of the molecule is COP(C)(=O)c1ccc(CC(=O)[C@H](CC2CCCC2)c2ccc(S(C)(=O)=O)cc2)cc1. The zero-order valence-corrected chi connectivity index (χ0v) is 20.1. The van der Waals surface area contributed by atoms with Crippen LogP contribution < -0.4 is 5.30 Å². The molecule has 0 spiro atoms. The van der Waals surface area contributed by atoms with E-state index < -0.39 is 17.2 Å². The molecular weight excluding hydrogens is 431 g/mol. The fourth-order valence-corrected chi connectivity index (χ4v) is 5.83. The van der Waals surface area contributed by atoms with Crippen LogP contribution in [0.15, 0.2) is 53.4 Å². The molecule has 2 aromatic rings. The van der Waals surface area contributed by atoms with Gasteiger partial charge in [0.1, 0.15) is 5.78 Å². The fraction of sp³-hybridized carbons (Fsp3) is 0.458. The number of carbonyl (C=O) groups is 1. The van der Waals surface area contributed by atoms with E-state index in [1.807, 2.05) is 12.1 Å². The third-order valence-corrected chi connectivity index (χ3v) is 9.34. The predicted molar refractivity (Wildman–Crippen MR) is 124 cm³/mol. The maximum absolute atomic E-state index is 13.3. The number of rotatable bonds is 9. The number of hydrogen-bond acceptors (Lipinski definition) is 5. The molecule has 7 heteroatoms. The summed E-state index contributed by atoms with van der Waals surface area (Å²) in [5, 5.41) is 0.630. The van der Waals surface area contributed by atoms with E-state index in [-0.39, 0.29) is 23.0 Å². The Kier molecular flexibility index (Phi) is 7.56. The predicted octanol–water partition coefficient (Wildman–Crippen LogP) is 4.75. The quantitative estimate of drug-likeness (QED) is 0.503. The maximum Gasteiger partial charge on any atom is 0.228 e. The van der Waals surface area contributed by atoms with Gasteiger partial charge in [0.25, 0.3) is 0 Å². The standard InChI is InChI=1S/C24H31O5PS/c1-29-30(2,26)21-12-8-19(9-13-21)17-24(25)23(16-18-6-4-5-7-18)20-10-14-22(15-11-20)31(3,27)28/h8-15,18,23H,4-7,16-17H2,1-3H3/t23-,30?/m1/s1. The number of sulfone groups is 1. The van der Waals surface area contributed by atoms with Gasteiger partial charge in [0.15, 0.2) is 9.84 Å². The number of hydrogen-bond donors (Lipinski definition) is 0. The molecule has 3 rings (SSSR count). The van der Waals surface area contributed by atoms with Crippen LogP contribution in [0.3, 0.4) is 0 Å². The van der Waals surface area contributed by atoms with Crippen molar-refractivity contribution in [1.29, 1.82) is 0 Å². The minimum absolute atomic E-state index is 0.123. The highest BCUT2D eigenvalue weighted by atomic mass is 32.2. The van der Waals surface area contributed by atoms with E-state index in [1.165, 1.54) is 26.2 Å². The van der Waals surface area contributed by atoms with Crippen LogP contribution in [-0.2, 0) is 30.1 Å². The molecule has 0 amide bonds. The minimum Gasteiger partial charge on any atom is -0.329 e. The lowest BCUT2D eigenvalue weighted by Gasteiger charge is -2.21. The van der Waals surface area contributed by atoms with Crippen molar-refractivity contribution in [3.05, 3.63) is 59.7 Å². The van der Waals surface area contributed by atoms with Gasteiger partial charge >= 0.3 is 0 Å². The summed E-state index contributed by atoms with van der Waals surface area (Å²) in [4.78, 5) is 13.6. The maximum atomic E-state index is 13.3. The van der Waals surface area contributed by atoms with Crippen molar-refractivity contribution in [3.63, 3.8) is 0 Å². The normalized spacial score (nSPS) is 17.9. The van der Waals surface area contributed by atoms with Crippen LogP contribution in [0.2, 0.25) is 0 Å². The lowest BCUT2D eigenvalue weighted by Crippen LogP contribution is -2.18. The van der Waals surface area contributed by atoms with Crippen molar-refractivity contribution in [1.82, 2.24) is 0 Å². The van der Waals surface area contributed by atoms with Crippen LogP contribution in [0.1, 0.15) is 49.1 Å². The number of carbonyl (C=O) groups excluding carboxylic acids is 1. The van der Waals surface area contributed by atoms with Gasteiger partial charge in [-0.25, -0.2) is 8.42 Å². The molecule has 0 bridgehead atoms. The smallest absolute Gasteiger partial charge is 0.228 e. The molecule has 0 radical (unpaired) electrons. The molecule has 2 aromatic carbocycles. The van der Waals surface area contributed by atoms with Gasteiger partial charge in [-0.1, -0.05) is 49.9 Å². The number of ketones is 1. The molecule has 0 N–H and O–H groups in total. The Morgan fingerprint density at radius 2 is 1.65 bits per heavy atom. The van der Waals surface area contributed by atoms with Crippen LogP contribution in [0.4, 0.5) is 0 Å². The van der Waals surface area contributed by atoms with Crippen molar-refractivity contribution in [2.24, 2.45) is 5.92 Å². The minimum atomic E-state index is -3.27. The summed E-state index contributed by atoms with van der Waals surface area (Å²) >= 11 is 0. The Morgan fingerprint density at radius 1 is 1.06 bits per heavy atom. The first-order valence-corrected chi connectivity index (χ1v) is 14.6. The molecule has 2 atom stereocenters. The van der Waals surface area contributed by atoms with Crippen LogP contribution in [0.5, 0.6) is 0 Å². The molecule has 0 aromatic heterocycles. The second-order valence-corrected chi connectivity index (χ2v) is 13.2. The molecule has 5 nitrogen and oxygen atoms in total. The summed E-state index contributed by atoms with van der Waals surface area (Å²) in [5.74, 6) is 0.393.